The van der Waals surface area contributed by atoms with E-state index in [4.69, 9.17) is 4.74 Å². The second-order valence-electron chi connectivity index (χ2n) is 3.83. The number of hydrogen-bond acceptors (Lipinski definition) is 1. The molecule has 3 rings (SSSR count). The van der Waals surface area contributed by atoms with E-state index in [1.54, 1.807) is 0 Å². The average molecular weight is 239 g/mol. The topological polar surface area (TPSA) is 12.5 Å². The molecular formula is C11H11BrO. The summed E-state index contributed by atoms with van der Waals surface area (Å²) in [5, 5.41) is 0. The molecule has 1 nitrogen and oxygen atoms in total. The van der Waals surface area contributed by atoms with Crippen LogP contribution in [0.5, 0.6) is 0 Å². The van der Waals surface area contributed by atoms with Gasteiger partial charge in [0.1, 0.15) is 6.10 Å². The fraction of sp³-hybridized carbons (Fsp3) is 0.455. The van der Waals surface area contributed by atoms with Gasteiger partial charge in [-0.25, -0.2) is 0 Å². The highest BCUT2D eigenvalue weighted by Gasteiger charge is 2.42. The maximum Gasteiger partial charge on any atom is 0.109 e. The van der Waals surface area contributed by atoms with E-state index < -0.39 is 0 Å². The lowest BCUT2D eigenvalue weighted by Crippen LogP contribution is -1.90. The van der Waals surface area contributed by atoms with E-state index in [1.165, 1.54) is 34.9 Å². The van der Waals surface area contributed by atoms with Crippen molar-refractivity contribution in [2.45, 2.75) is 31.5 Å². The molecule has 1 aliphatic heterocycles. The predicted molar refractivity (Wildman–Crippen MR) is 54.7 cm³/mol. The van der Waals surface area contributed by atoms with Gasteiger partial charge in [0.25, 0.3) is 0 Å². The van der Waals surface area contributed by atoms with Crippen molar-refractivity contribution in [2.24, 2.45) is 0 Å². The quantitative estimate of drug-likeness (QED) is 0.633. The molecule has 0 bridgehead atoms. The van der Waals surface area contributed by atoms with Gasteiger partial charge in [-0.15, -0.1) is 0 Å². The second-order valence-corrected chi connectivity index (χ2v) is 4.75. The van der Waals surface area contributed by atoms with Gasteiger partial charge in [0.2, 0.25) is 0 Å². The third-order valence-corrected chi connectivity index (χ3v) is 3.42. The number of benzene rings is 1. The van der Waals surface area contributed by atoms with Gasteiger partial charge >= 0.3 is 0 Å². The molecule has 2 heteroatoms. The van der Waals surface area contributed by atoms with Crippen molar-refractivity contribution >= 4 is 15.9 Å². The number of aryl methyl sites for hydroxylation is 1. The first-order valence-corrected chi connectivity index (χ1v) is 5.58. The molecule has 0 aromatic heterocycles. The summed E-state index contributed by atoms with van der Waals surface area (Å²) in [6, 6.07) is 6.57. The normalized spacial score (nSPS) is 30.2. The van der Waals surface area contributed by atoms with Crippen LogP contribution in [0.3, 0.4) is 0 Å². The van der Waals surface area contributed by atoms with Crippen LogP contribution in [0.1, 0.15) is 30.1 Å². The lowest BCUT2D eigenvalue weighted by molar-refractivity contribution is 0.357. The van der Waals surface area contributed by atoms with E-state index in [-0.39, 0.29) is 0 Å². The first kappa shape index (κ1) is 8.01. The van der Waals surface area contributed by atoms with Crippen molar-refractivity contribution in [1.82, 2.24) is 0 Å². The van der Waals surface area contributed by atoms with Crippen LogP contribution in [0.2, 0.25) is 0 Å². The largest absolute Gasteiger partial charge is 0.364 e. The van der Waals surface area contributed by atoms with Gasteiger partial charge in [0.05, 0.1) is 6.10 Å². The molecule has 0 saturated carbocycles. The number of ether oxygens (including phenoxy) is 1. The molecule has 0 radical (unpaired) electrons. The zero-order chi connectivity index (χ0) is 8.84. The lowest BCUT2D eigenvalue weighted by atomic mass is 10.0. The molecule has 1 aromatic rings. The summed E-state index contributed by atoms with van der Waals surface area (Å²) in [5.41, 5.74) is 2.89. The summed E-state index contributed by atoms with van der Waals surface area (Å²) in [6.07, 6.45) is 4.66. The van der Waals surface area contributed by atoms with E-state index in [0.29, 0.717) is 12.2 Å². The third-order valence-electron chi connectivity index (χ3n) is 2.93. The Hall–Kier alpha value is -0.340. The summed E-state index contributed by atoms with van der Waals surface area (Å²) in [4.78, 5) is 0. The molecule has 2 atom stereocenters. The highest BCUT2D eigenvalue weighted by Crippen LogP contribution is 2.46. The SMILES string of the molecule is Brc1ccc2c(c1)[C@H]1O[C@H]1CCC2. The van der Waals surface area contributed by atoms with Crippen molar-refractivity contribution < 1.29 is 4.74 Å². The molecule has 68 valence electrons. The Morgan fingerprint density at radius 2 is 2.31 bits per heavy atom. The molecular weight excluding hydrogens is 228 g/mol. The van der Waals surface area contributed by atoms with Crippen LogP contribution >= 0.6 is 15.9 Å². The average Bonchev–Trinajstić information content (AvgIpc) is 2.85. The maximum absolute atomic E-state index is 5.62. The second kappa shape index (κ2) is 2.82. The minimum Gasteiger partial charge on any atom is -0.364 e. The Morgan fingerprint density at radius 1 is 1.38 bits per heavy atom. The molecule has 1 fully saturated rings. The Morgan fingerprint density at radius 3 is 3.23 bits per heavy atom. The minimum absolute atomic E-state index is 0.412. The summed E-state index contributed by atoms with van der Waals surface area (Å²) < 4.78 is 6.79. The molecule has 1 aliphatic carbocycles. The van der Waals surface area contributed by atoms with Crippen LogP contribution in [0.25, 0.3) is 0 Å². The highest BCUT2D eigenvalue weighted by atomic mass is 79.9. The maximum atomic E-state index is 5.62. The van der Waals surface area contributed by atoms with Crippen molar-refractivity contribution in [3.63, 3.8) is 0 Å². The number of rotatable bonds is 0. The third kappa shape index (κ3) is 1.32. The number of halogens is 1. The molecule has 0 spiro atoms. The molecule has 1 saturated heterocycles. The number of fused-ring (bicyclic) bond motifs is 3. The van der Waals surface area contributed by atoms with Crippen molar-refractivity contribution in [3.8, 4) is 0 Å². The van der Waals surface area contributed by atoms with E-state index >= 15 is 0 Å². The van der Waals surface area contributed by atoms with E-state index in [1.807, 2.05) is 0 Å². The van der Waals surface area contributed by atoms with Gasteiger partial charge in [-0.3, -0.25) is 0 Å². The van der Waals surface area contributed by atoms with Crippen LogP contribution in [0.15, 0.2) is 22.7 Å². The summed E-state index contributed by atoms with van der Waals surface area (Å²) in [6.45, 7) is 0. The van der Waals surface area contributed by atoms with Crippen LogP contribution in [-0.2, 0) is 11.2 Å². The zero-order valence-electron chi connectivity index (χ0n) is 7.29. The lowest BCUT2D eigenvalue weighted by Gasteiger charge is -2.05. The minimum atomic E-state index is 0.412. The van der Waals surface area contributed by atoms with E-state index in [2.05, 4.69) is 34.1 Å². The molecule has 1 aromatic carbocycles. The molecule has 0 amide bonds. The van der Waals surface area contributed by atoms with Crippen LogP contribution in [0.4, 0.5) is 0 Å². The van der Waals surface area contributed by atoms with Crippen LogP contribution in [0, 0.1) is 0 Å². The monoisotopic (exact) mass is 238 g/mol. The van der Waals surface area contributed by atoms with Crippen LogP contribution in [-0.4, -0.2) is 6.10 Å². The Bertz CT molecular complexity index is 348. The number of epoxide rings is 1. The first-order chi connectivity index (χ1) is 6.34. The predicted octanol–water partition coefficient (Wildman–Crippen LogP) is 3.23. The van der Waals surface area contributed by atoms with Gasteiger partial charge in [-0.05, 0) is 42.5 Å². The van der Waals surface area contributed by atoms with Gasteiger partial charge in [-0.1, -0.05) is 22.0 Å². The fourth-order valence-corrected chi connectivity index (χ4v) is 2.57. The number of hydrogen-bond donors (Lipinski definition) is 0. The Balaban J connectivity index is 2.09. The van der Waals surface area contributed by atoms with E-state index in [9.17, 15) is 0 Å². The molecule has 1 heterocycles. The van der Waals surface area contributed by atoms with Crippen molar-refractivity contribution in [3.05, 3.63) is 33.8 Å². The summed E-state index contributed by atoms with van der Waals surface area (Å²) in [5.74, 6) is 0. The standard InChI is InChI=1S/C11H11BrO/c12-8-5-4-7-2-1-3-10-11(13-10)9(7)6-8/h4-6,10-11H,1-3H2/t10-,11+/m0/s1. The molecule has 13 heavy (non-hydrogen) atoms. The fourth-order valence-electron chi connectivity index (χ4n) is 2.19. The Kier molecular flexibility index (Phi) is 1.74. The summed E-state index contributed by atoms with van der Waals surface area (Å²) in [7, 11) is 0. The summed E-state index contributed by atoms with van der Waals surface area (Å²) >= 11 is 3.51. The van der Waals surface area contributed by atoms with Gasteiger partial charge in [-0.2, -0.15) is 0 Å². The van der Waals surface area contributed by atoms with Gasteiger partial charge in [0, 0.05) is 4.47 Å². The van der Waals surface area contributed by atoms with Crippen molar-refractivity contribution in [2.75, 3.05) is 0 Å². The zero-order valence-corrected chi connectivity index (χ0v) is 8.88. The van der Waals surface area contributed by atoms with Gasteiger partial charge in [0.15, 0.2) is 0 Å². The van der Waals surface area contributed by atoms with Crippen LogP contribution < -0.4 is 0 Å². The smallest absolute Gasteiger partial charge is 0.109 e. The van der Waals surface area contributed by atoms with Crippen molar-refractivity contribution in [1.29, 1.82) is 0 Å². The first-order valence-electron chi connectivity index (χ1n) is 4.78. The Labute approximate surface area is 86.2 Å². The van der Waals surface area contributed by atoms with E-state index in [0.717, 1.165) is 0 Å². The molecule has 0 N–H and O–H groups in total. The molecule has 2 aliphatic rings. The van der Waals surface area contributed by atoms with Gasteiger partial charge < -0.3 is 4.74 Å². The molecule has 0 unspecified atom stereocenters. The highest BCUT2D eigenvalue weighted by molar-refractivity contribution is 9.10.